The van der Waals surface area contributed by atoms with E-state index >= 15 is 0 Å². The molecule has 0 unspecified atom stereocenters. The third kappa shape index (κ3) is 2.32. The zero-order valence-electron chi connectivity index (χ0n) is 9.61. The quantitative estimate of drug-likeness (QED) is 0.844. The monoisotopic (exact) mass is 243 g/mol. The van der Waals surface area contributed by atoms with Crippen molar-refractivity contribution in [1.29, 1.82) is 0 Å². The topological polar surface area (TPSA) is 26.0 Å². The Kier molecular flexibility index (Phi) is 3.43. The highest BCUT2D eigenvalue weighted by molar-refractivity contribution is 5.32. The lowest BCUT2D eigenvalue weighted by molar-refractivity contribution is 0.288. The summed E-state index contributed by atoms with van der Waals surface area (Å²) < 4.78 is 39.7. The average Bonchev–Trinajstić information content (AvgIpc) is 2.33. The minimum absolute atomic E-state index is 0.129. The van der Waals surface area contributed by atoms with Gasteiger partial charge in [0.15, 0.2) is 11.6 Å². The van der Waals surface area contributed by atoms with Crippen LogP contribution in [0.1, 0.15) is 43.2 Å². The van der Waals surface area contributed by atoms with Crippen molar-refractivity contribution in [1.82, 2.24) is 0 Å². The molecule has 1 aromatic carbocycles. The molecule has 0 atom stereocenters. The third-order valence-corrected chi connectivity index (χ3v) is 3.52. The molecule has 0 bridgehead atoms. The van der Waals surface area contributed by atoms with E-state index in [0.717, 1.165) is 25.3 Å². The lowest BCUT2D eigenvalue weighted by atomic mass is 9.77. The number of benzene rings is 1. The second kappa shape index (κ2) is 4.69. The predicted molar refractivity (Wildman–Crippen MR) is 60.1 cm³/mol. The zero-order chi connectivity index (χ0) is 12.5. The summed E-state index contributed by atoms with van der Waals surface area (Å²) in [5.74, 6) is -1.93. The van der Waals surface area contributed by atoms with Gasteiger partial charge in [0, 0.05) is 11.1 Å². The van der Waals surface area contributed by atoms with Crippen molar-refractivity contribution in [2.24, 2.45) is 5.73 Å². The van der Waals surface area contributed by atoms with E-state index in [2.05, 4.69) is 0 Å². The second-order valence-corrected chi connectivity index (χ2v) is 4.79. The van der Waals surface area contributed by atoms with Gasteiger partial charge in [-0.2, -0.15) is 0 Å². The third-order valence-electron chi connectivity index (χ3n) is 3.52. The molecule has 0 aromatic heterocycles. The molecule has 1 fully saturated rings. The van der Waals surface area contributed by atoms with Crippen LogP contribution in [-0.4, -0.2) is 0 Å². The lowest BCUT2D eigenvalue weighted by Crippen LogP contribution is -2.39. The summed E-state index contributed by atoms with van der Waals surface area (Å²) in [6, 6.07) is 2.26. The summed E-state index contributed by atoms with van der Waals surface area (Å²) in [6.07, 6.45) is 4.11. The van der Waals surface area contributed by atoms with Crippen molar-refractivity contribution < 1.29 is 13.2 Å². The van der Waals surface area contributed by atoms with Gasteiger partial charge in [-0.3, -0.25) is 0 Å². The van der Waals surface area contributed by atoms with Crippen LogP contribution in [-0.2, 0) is 12.2 Å². The molecule has 0 spiro atoms. The van der Waals surface area contributed by atoms with Crippen molar-refractivity contribution in [2.75, 3.05) is 0 Å². The molecule has 0 saturated heterocycles. The first-order valence-corrected chi connectivity index (χ1v) is 5.90. The Balaban J connectivity index is 2.45. The van der Waals surface area contributed by atoms with Crippen molar-refractivity contribution in [2.45, 2.75) is 44.3 Å². The van der Waals surface area contributed by atoms with Gasteiger partial charge in [0.1, 0.15) is 6.67 Å². The Morgan fingerprint density at radius 1 is 1.12 bits per heavy atom. The largest absolute Gasteiger partial charge is 0.321 e. The minimum Gasteiger partial charge on any atom is -0.321 e. The zero-order valence-corrected chi connectivity index (χ0v) is 9.61. The number of hydrogen-bond donors (Lipinski definition) is 1. The molecule has 0 heterocycles. The van der Waals surface area contributed by atoms with Crippen LogP contribution in [0.25, 0.3) is 0 Å². The van der Waals surface area contributed by atoms with Crippen molar-refractivity contribution >= 4 is 0 Å². The van der Waals surface area contributed by atoms with E-state index in [-0.39, 0.29) is 11.1 Å². The fraction of sp³-hybridized carbons (Fsp3) is 0.538. The van der Waals surface area contributed by atoms with Crippen LogP contribution in [0.15, 0.2) is 12.1 Å². The van der Waals surface area contributed by atoms with Gasteiger partial charge in [-0.15, -0.1) is 0 Å². The van der Waals surface area contributed by atoms with E-state index < -0.39 is 23.8 Å². The first-order chi connectivity index (χ1) is 8.07. The average molecular weight is 243 g/mol. The minimum atomic E-state index is -1.01. The van der Waals surface area contributed by atoms with Crippen molar-refractivity contribution in [3.05, 3.63) is 34.9 Å². The van der Waals surface area contributed by atoms with Gasteiger partial charge in [-0.1, -0.05) is 19.3 Å². The van der Waals surface area contributed by atoms with Crippen LogP contribution in [0.4, 0.5) is 13.2 Å². The predicted octanol–water partition coefficient (Wildman–Crippen LogP) is 3.55. The molecule has 2 rings (SSSR count). The molecular weight excluding hydrogens is 227 g/mol. The highest BCUT2D eigenvalue weighted by Crippen LogP contribution is 2.37. The number of nitrogens with two attached hydrogens (primary N) is 1. The van der Waals surface area contributed by atoms with E-state index in [1.165, 1.54) is 6.07 Å². The van der Waals surface area contributed by atoms with Crippen molar-refractivity contribution in [3.63, 3.8) is 0 Å². The lowest BCUT2D eigenvalue weighted by Gasteiger charge is -2.34. The van der Waals surface area contributed by atoms with Crippen LogP contribution in [0.5, 0.6) is 0 Å². The Morgan fingerprint density at radius 3 is 2.35 bits per heavy atom. The van der Waals surface area contributed by atoms with Crippen LogP contribution in [0.2, 0.25) is 0 Å². The van der Waals surface area contributed by atoms with Gasteiger partial charge in [-0.25, -0.2) is 13.2 Å². The summed E-state index contributed by atoms with van der Waals surface area (Å²) in [5.41, 5.74) is 5.58. The fourth-order valence-corrected chi connectivity index (χ4v) is 2.54. The fourth-order valence-electron chi connectivity index (χ4n) is 2.54. The SMILES string of the molecule is NC1(c2cc(CF)cc(F)c2F)CCCCC1. The van der Waals surface area contributed by atoms with Crippen molar-refractivity contribution in [3.8, 4) is 0 Å². The smallest absolute Gasteiger partial charge is 0.163 e. The molecule has 0 aliphatic heterocycles. The Bertz CT molecular complexity index is 411. The first-order valence-electron chi connectivity index (χ1n) is 5.90. The molecule has 2 N–H and O–H groups in total. The van der Waals surface area contributed by atoms with Gasteiger partial charge in [-0.05, 0) is 30.5 Å². The second-order valence-electron chi connectivity index (χ2n) is 4.79. The molecular formula is C13H16F3N. The maximum Gasteiger partial charge on any atom is 0.163 e. The van der Waals surface area contributed by atoms with Crippen LogP contribution >= 0.6 is 0 Å². The molecule has 94 valence electrons. The standard InChI is InChI=1S/C13H16F3N/c14-8-9-6-10(12(16)11(15)7-9)13(17)4-2-1-3-5-13/h6-7H,1-5,8,17H2. The molecule has 1 nitrogen and oxygen atoms in total. The van der Waals surface area contributed by atoms with Gasteiger partial charge < -0.3 is 5.73 Å². The molecule has 1 saturated carbocycles. The van der Waals surface area contributed by atoms with E-state index in [9.17, 15) is 13.2 Å². The van der Waals surface area contributed by atoms with Gasteiger partial charge in [0.25, 0.3) is 0 Å². The van der Waals surface area contributed by atoms with E-state index in [0.29, 0.717) is 12.8 Å². The Hall–Kier alpha value is -1.03. The molecule has 4 heteroatoms. The molecule has 1 aromatic rings. The van der Waals surface area contributed by atoms with E-state index in [4.69, 9.17) is 5.73 Å². The summed E-state index contributed by atoms with van der Waals surface area (Å²) in [4.78, 5) is 0. The van der Waals surface area contributed by atoms with Crippen LogP contribution < -0.4 is 5.73 Å². The van der Waals surface area contributed by atoms with Crippen LogP contribution in [0, 0.1) is 11.6 Å². The normalized spacial score (nSPS) is 19.3. The summed E-state index contributed by atoms with van der Waals surface area (Å²) in [5, 5.41) is 0. The molecule has 0 amide bonds. The molecule has 1 aliphatic rings. The molecule has 0 radical (unpaired) electrons. The summed E-state index contributed by atoms with van der Waals surface area (Å²) >= 11 is 0. The van der Waals surface area contributed by atoms with Gasteiger partial charge in [0.05, 0.1) is 0 Å². The highest BCUT2D eigenvalue weighted by atomic mass is 19.2. The molecule has 17 heavy (non-hydrogen) atoms. The van der Waals surface area contributed by atoms with Gasteiger partial charge >= 0.3 is 0 Å². The number of rotatable bonds is 2. The Morgan fingerprint density at radius 2 is 1.76 bits per heavy atom. The van der Waals surface area contributed by atoms with E-state index in [1.54, 1.807) is 0 Å². The highest BCUT2D eigenvalue weighted by Gasteiger charge is 2.33. The first kappa shape index (κ1) is 12.4. The maximum atomic E-state index is 13.8. The Labute approximate surface area is 98.8 Å². The summed E-state index contributed by atoms with van der Waals surface area (Å²) in [6.45, 7) is -0.805. The number of halogens is 3. The summed E-state index contributed by atoms with van der Waals surface area (Å²) in [7, 11) is 0. The van der Waals surface area contributed by atoms with Crippen LogP contribution in [0.3, 0.4) is 0 Å². The number of hydrogen-bond acceptors (Lipinski definition) is 1. The van der Waals surface area contributed by atoms with Gasteiger partial charge in [0.2, 0.25) is 0 Å². The van der Waals surface area contributed by atoms with E-state index in [1.807, 2.05) is 0 Å². The maximum absolute atomic E-state index is 13.8. The molecule has 1 aliphatic carbocycles. The number of alkyl halides is 1.